The molecule has 1 aromatic rings. The van der Waals surface area contributed by atoms with Crippen molar-refractivity contribution in [1.29, 1.82) is 0 Å². The SMILES string of the molecule is CCOc1cccc(C(C)(OC)OC)c1. The first kappa shape index (κ1) is 12.0. The van der Waals surface area contributed by atoms with Crippen LogP contribution in [0.2, 0.25) is 0 Å². The van der Waals surface area contributed by atoms with Crippen molar-refractivity contribution < 1.29 is 14.2 Å². The fourth-order valence-electron chi connectivity index (χ4n) is 1.35. The number of methoxy groups -OCH3 is 2. The smallest absolute Gasteiger partial charge is 0.191 e. The molecule has 0 atom stereocenters. The molecule has 0 aromatic heterocycles. The fraction of sp³-hybridized carbons (Fsp3) is 0.500. The van der Waals surface area contributed by atoms with Crippen molar-refractivity contribution in [3.8, 4) is 5.75 Å². The van der Waals surface area contributed by atoms with Crippen LogP contribution in [0.4, 0.5) is 0 Å². The number of benzene rings is 1. The Bertz CT molecular complexity index is 305. The Labute approximate surface area is 91.0 Å². The van der Waals surface area contributed by atoms with E-state index in [4.69, 9.17) is 14.2 Å². The molecule has 0 fully saturated rings. The van der Waals surface area contributed by atoms with E-state index < -0.39 is 5.79 Å². The molecule has 0 unspecified atom stereocenters. The summed E-state index contributed by atoms with van der Waals surface area (Å²) in [6.07, 6.45) is 0. The van der Waals surface area contributed by atoms with Gasteiger partial charge in [-0.2, -0.15) is 0 Å². The first-order valence-corrected chi connectivity index (χ1v) is 5.00. The Kier molecular flexibility index (Phi) is 4.12. The predicted octanol–water partition coefficient (Wildman–Crippen LogP) is 2.55. The van der Waals surface area contributed by atoms with Gasteiger partial charge in [-0.15, -0.1) is 0 Å². The lowest BCUT2D eigenvalue weighted by Crippen LogP contribution is -2.26. The molecule has 0 aliphatic carbocycles. The van der Waals surface area contributed by atoms with Crippen molar-refractivity contribution in [2.24, 2.45) is 0 Å². The lowest BCUT2D eigenvalue weighted by atomic mass is 10.1. The topological polar surface area (TPSA) is 27.7 Å². The third-order valence-corrected chi connectivity index (χ3v) is 2.45. The van der Waals surface area contributed by atoms with Gasteiger partial charge in [0.15, 0.2) is 5.79 Å². The predicted molar refractivity (Wildman–Crippen MR) is 59.0 cm³/mol. The van der Waals surface area contributed by atoms with E-state index in [0.717, 1.165) is 11.3 Å². The van der Waals surface area contributed by atoms with Gasteiger partial charge in [-0.05, 0) is 26.0 Å². The second kappa shape index (κ2) is 5.14. The molecule has 0 spiro atoms. The van der Waals surface area contributed by atoms with Crippen LogP contribution in [0.5, 0.6) is 5.75 Å². The van der Waals surface area contributed by atoms with E-state index in [1.807, 2.05) is 38.1 Å². The van der Waals surface area contributed by atoms with E-state index in [9.17, 15) is 0 Å². The molecule has 15 heavy (non-hydrogen) atoms. The minimum Gasteiger partial charge on any atom is -0.494 e. The van der Waals surface area contributed by atoms with Crippen molar-refractivity contribution >= 4 is 0 Å². The van der Waals surface area contributed by atoms with Gasteiger partial charge in [0.25, 0.3) is 0 Å². The summed E-state index contributed by atoms with van der Waals surface area (Å²) < 4.78 is 16.1. The maximum atomic E-state index is 5.42. The van der Waals surface area contributed by atoms with Crippen LogP contribution >= 0.6 is 0 Å². The van der Waals surface area contributed by atoms with Crippen molar-refractivity contribution in [2.45, 2.75) is 19.6 Å². The Balaban J connectivity index is 2.98. The molecule has 84 valence electrons. The van der Waals surface area contributed by atoms with E-state index in [0.29, 0.717) is 6.61 Å². The molecule has 0 saturated carbocycles. The molecule has 0 aliphatic rings. The zero-order valence-electron chi connectivity index (χ0n) is 9.74. The average Bonchev–Trinajstić information content (AvgIpc) is 2.29. The van der Waals surface area contributed by atoms with E-state index >= 15 is 0 Å². The average molecular weight is 210 g/mol. The van der Waals surface area contributed by atoms with Crippen molar-refractivity contribution in [3.05, 3.63) is 29.8 Å². The molecule has 0 aliphatic heterocycles. The third-order valence-electron chi connectivity index (χ3n) is 2.45. The number of hydrogen-bond acceptors (Lipinski definition) is 3. The lowest BCUT2D eigenvalue weighted by molar-refractivity contribution is -0.201. The van der Waals surface area contributed by atoms with Crippen LogP contribution in [0.1, 0.15) is 19.4 Å². The minimum atomic E-state index is -0.715. The van der Waals surface area contributed by atoms with Crippen LogP contribution in [0.3, 0.4) is 0 Å². The van der Waals surface area contributed by atoms with Crippen LogP contribution in [-0.4, -0.2) is 20.8 Å². The normalized spacial score (nSPS) is 11.5. The molecule has 0 radical (unpaired) electrons. The van der Waals surface area contributed by atoms with Gasteiger partial charge < -0.3 is 14.2 Å². The van der Waals surface area contributed by atoms with Crippen LogP contribution in [0, 0.1) is 0 Å². The largest absolute Gasteiger partial charge is 0.494 e. The van der Waals surface area contributed by atoms with Gasteiger partial charge in [-0.3, -0.25) is 0 Å². The molecule has 3 heteroatoms. The number of hydrogen-bond donors (Lipinski definition) is 0. The second-order valence-corrected chi connectivity index (χ2v) is 3.31. The molecule has 0 bridgehead atoms. The molecular weight excluding hydrogens is 192 g/mol. The Morgan fingerprint density at radius 3 is 2.40 bits per heavy atom. The molecule has 1 rings (SSSR count). The number of ether oxygens (including phenoxy) is 3. The summed E-state index contributed by atoms with van der Waals surface area (Å²) in [5.74, 6) is 0.114. The van der Waals surface area contributed by atoms with E-state index in [1.165, 1.54) is 0 Å². The van der Waals surface area contributed by atoms with Crippen LogP contribution < -0.4 is 4.74 Å². The maximum Gasteiger partial charge on any atom is 0.191 e. The standard InChI is InChI=1S/C12H18O3/c1-5-15-11-8-6-7-10(9-11)12(2,13-3)14-4/h6-9H,5H2,1-4H3. The summed E-state index contributed by atoms with van der Waals surface area (Å²) in [4.78, 5) is 0. The summed E-state index contributed by atoms with van der Waals surface area (Å²) in [7, 11) is 3.24. The summed E-state index contributed by atoms with van der Waals surface area (Å²) in [5.41, 5.74) is 0.943. The van der Waals surface area contributed by atoms with Crippen molar-refractivity contribution in [2.75, 3.05) is 20.8 Å². The fourth-order valence-corrected chi connectivity index (χ4v) is 1.35. The van der Waals surface area contributed by atoms with Gasteiger partial charge in [0.2, 0.25) is 0 Å². The molecular formula is C12H18O3. The van der Waals surface area contributed by atoms with Gasteiger partial charge in [-0.25, -0.2) is 0 Å². The highest BCUT2D eigenvalue weighted by atomic mass is 16.7. The highest BCUT2D eigenvalue weighted by molar-refractivity contribution is 5.31. The monoisotopic (exact) mass is 210 g/mol. The highest BCUT2D eigenvalue weighted by Gasteiger charge is 2.25. The zero-order valence-corrected chi connectivity index (χ0v) is 9.74. The Morgan fingerprint density at radius 1 is 1.20 bits per heavy atom. The molecule has 0 heterocycles. The molecule has 3 nitrogen and oxygen atoms in total. The van der Waals surface area contributed by atoms with Gasteiger partial charge in [0, 0.05) is 19.8 Å². The van der Waals surface area contributed by atoms with Gasteiger partial charge in [0.05, 0.1) is 6.61 Å². The molecule has 1 aromatic carbocycles. The number of rotatable bonds is 5. The second-order valence-electron chi connectivity index (χ2n) is 3.31. The Morgan fingerprint density at radius 2 is 1.87 bits per heavy atom. The van der Waals surface area contributed by atoms with Gasteiger partial charge in [-0.1, -0.05) is 12.1 Å². The van der Waals surface area contributed by atoms with Crippen molar-refractivity contribution in [3.63, 3.8) is 0 Å². The minimum absolute atomic E-state index is 0.653. The summed E-state index contributed by atoms with van der Waals surface area (Å²) >= 11 is 0. The first-order chi connectivity index (χ1) is 7.16. The molecule has 0 N–H and O–H groups in total. The highest BCUT2D eigenvalue weighted by Crippen LogP contribution is 2.27. The van der Waals surface area contributed by atoms with Crippen LogP contribution in [0.25, 0.3) is 0 Å². The van der Waals surface area contributed by atoms with Gasteiger partial charge >= 0.3 is 0 Å². The van der Waals surface area contributed by atoms with Crippen LogP contribution in [-0.2, 0) is 15.3 Å². The lowest BCUT2D eigenvalue weighted by Gasteiger charge is -2.27. The zero-order chi connectivity index (χ0) is 11.3. The van der Waals surface area contributed by atoms with E-state index in [-0.39, 0.29) is 0 Å². The maximum absolute atomic E-state index is 5.42. The van der Waals surface area contributed by atoms with E-state index in [2.05, 4.69) is 0 Å². The quantitative estimate of drug-likeness (QED) is 0.699. The third kappa shape index (κ3) is 2.70. The summed E-state index contributed by atoms with van der Waals surface area (Å²) in [6, 6.07) is 7.72. The molecule has 0 saturated heterocycles. The van der Waals surface area contributed by atoms with Crippen LogP contribution in [0.15, 0.2) is 24.3 Å². The summed E-state index contributed by atoms with van der Waals surface area (Å²) in [5, 5.41) is 0. The van der Waals surface area contributed by atoms with E-state index in [1.54, 1.807) is 14.2 Å². The first-order valence-electron chi connectivity index (χ1n) is 5.00. The Hall–Kier alpha value is -1.06. The summed E-state index contributed by atoms with van der Waals surface area (Å²) in [6.45, 7) is 4.48. The van der Waals surface area contributed by atoms with Crippen molar-refractivity contribution in [1.82, 2.24) is 0 Å². The van der Waals surface area contributed by atoms with Gasteiger partial charge in [0.1, 0.15) is 5.75 Å². The molecule has 0 amide bonds.